The molecule has 0 unspecified atom stereocenters. The molecule has 1 aliphatic carbocycles. The number of carbonyl (C=O) groups is 1. The number of hydrogen-bond donors (Lipinski definition) is 1. The van der Waals surface area contributed by atoms with Gasteiger partial charge in [-0.05, 0) is 17.8 Å². The molecule has 11 heavy (non-hydrogen) atoms. The lowest BCUT2D eigenvalue weighted by molar-refractivity contribution is -0.119. The van der Waals surface area contributed by atoms with Crippen LogP contribution >= 0.6 is 0 Å². The van der Waals surface area contributed by atoms with Gasteiger partial charge in [0.2, 0.25) is 5.91 Å². The molecule has 1 heterocycles. The topological polar surface area (TPSA) is 29.1 Å². The minimum absolute atomic E-state index is 0.263. The van der Waals surface area contributed by atoms with Crippen LogP contribution in [0.2, 0.25) is 0 Å². The summed E-state index contributed by atoms with van der Waals surface area (Å²) in [6.07, 6.45) is 4.67. The summed E-state index contributed by atoms with van der Waals surface area (Å²) in [4.78, 5) is 11.0. The number of rotatable bonds is 0. The summed E-state index contributed by atoms with van der Waals surface area (Å²) in [5, 5.41) is 2.94. The molecule has 2 aliphatic rings. The zero-order chi connectivity index (χ0) is 7.90. The Morgan fingerprint density at radius 3 is 2.91 bits per heavy atom. The predicted molar refractivity (Wildman–Crippen MR) is 43.1 cm³/mol. The second kappa shape index (κ2) is 2.23. The lowest BCUT2D eigenvalue weighted by Gasteiger charge is -2.25. The third kappa shape index (κ3) is 0.959. The third-order valence-corrected chi connectivity index (χ3v) is 3.51. The molecular formula is C9H15NO. The first-order valence-corrected chi connectivity index (χ1v) is 4.50. The molecule has 62 valence electrons. The van der Waals surface area contributed by atoms with Crippen LogP contribution < -0.4 is 5.32 Å². The summed E-state index contributed by atoms with van der Waals surface area (Å²) in [5.74, 6) is 1.01. The number of nitrogens with one attached hydrogen (secondary N) is 1. The minimum atomic E-state index is 0.263. The van der Waals surface area contributed by atoms with Gasteiger partial charge in [-0.3, -0.25) is 4.79 Å². The Bertz CT molecular complexity index is 190. The highest BCUT2D eigenvalue weighted by molar-refractivity contribution is 5.79. The highest BCUT2D eigenvalue weighted by atomic mass is 16.1. The molecule has 1 saturated heterocycles. The van der Waals surface area contributed by atoms with Crippen molar-refractivity contribution in [3.8, 4) is 0 Å². The molecule has 2 heteroatoms. The maximum absolute atomic E-state index is 11.0. The van der Waals surface area contributed by atoms with Gasteiger partial charge in [-0.25, -0.2) is 0 Å². The number of carbonyl (C=O) groups excluding carboxylic acids is 1. The Kier molecular flexibility index (Phi) is 1.44. The van der Waals surface area contributed by atoms with Crippen LogP contribution in [0.4, 0.5) is 0 Å². The Hall–Kier alpha value is -0.530. The molecular weight excluding hydrogens is 138 g/mol. The maximum atomic E-state index is 11.0. The quantitative estimate of drug-likeness (QED) is 0.558. The molecule has 1 N–H and O–H groups in total. The summed E-state index contributed by atoms with van der Waals surface area (Å²) in [5.41, 5.74) is 0.358. The van der Waals surface area contributed by atoms with Gasteiger partial charge >= 0.3 is 0 Å². The molecule has 0 aromatic heterocycles. The second-order valence-electron chi connectivity index (χ2n) is 4.11. The molecule has 2 atom stereocenters. The molecule has 0 aromatic carbocycles. The van der Waals surface area contributed by atoms with Crippen LogP contribution in [0.1, 0.15) is 32.6 Å². The van der Waals surface area contributed by atoms with E-state index in [1.54, 1.807) is 0 Å². The van der Waals surface area contributed by atoms with Crippen LogP contribution in [0.25, 0.3) is 0 Å². The number of hydrogen-bond acceptors (Lipinski definition) is 1. The van der Waals surface area contributed by atoms with Crippen molar-refractivity contribution in [2.75, 3.05) is 6.54 Å². The van der Waals surface area contributed by atoms with Crippen molar-refractivity contribution < 1.29 is 4.79 Å². The van der Waals surface area contributed by atoms with Crippen molar-refractivity contribution in [3.63, 3.8) is 0 Å². The van der Waals surface area contributed by atoms with Gasteiger partial charge in [0.25, 0.3) is 0 Å². The SMILES string of the molecule is C[C@H]1CCC[C@]12CNC(=O)C2. The second-order valence-corrected chi connectivity index (χ2v) is 4.11. The molecule has 0 aromatic rings. The highest BCUT2D eigenvalue weighted by Crippen LogP contribution is 2.47. The summed E-state index contributed by atoms with van der Waals surface area (Å²) in [6.45, 7) is 3.22. The Labute approximate surface area is 67.4 Å². The van der Waals surface area contributed by atoms with Gasteiger partial charge in [-0.2, -0.15) is 0 Å². The normalized spacial score (nSPS) is 43.4. The molecule has 2 nitrogen and oxygen atoms in total. The first-order chi connectivity index (χ1) is 5.23. The van der Waals surface area contributed by atoms with Crippen LogP contribution in [-0.4, -0.2) is 12.5 Å². The Balaban J connectivity index is 2.16. The minimum Gasteiger partial charge on any atom is -0.356 e. The Morgan fingerprint density at radius 1 is 1.64 bits per heavy atom. The largest absolute Gasteiger partial charge is 0.356 e. The van der Waals surface area contributed by atoms with Crippen LogP contribution in [0, 0.1) is 11.3 Å². The van der Waals surface area contributed by atoms with Gasteiger partial charge in [-0.15, -0.1) is 0 Å². The molecule has 1 saturated carbocycles. The molecule has 1 amide bonds. The van der Waals surface area contributed by atoms with Crippen LogP contribution in [-0.2, 0) is 4.79 Å². The highest BCUT2D eigenvalue weighted by Gasteiger charge is 2.45. The lowest BCUT2D eigenvalue weighted by Crippen LogP contribution is -2.26. The van der Waals surface area contributed by atoms with E-state index in [2.05, 4.69) is 12.2 Å². The molecule has 2 fully saturated rings. The standard InChI is InChI=1S/C9H15NO/c1-7-3-2-4-9(7)5-8(11)10-6-9/h7H,2-6H2,1H3,(H,10,11)/t7-,9-/m0/s1. The molecule has 1 spiro atoms. The van der Waals surface area contributed by atoms with E-state index < -0.39 is 0 Å². The van der Waals surface area contributed by atoms with Gasteiger partial charge < -0.3 is 5.32 Å². The first kappa shape index (κ1) is 7.14. The van der Waals surface area contributed by atoms with E-state index in [0.29, 0.717) is 5.41 Å². The van der Waals surface area contributed by atoms with Crippen molar-refractivity contribution in [2.24, 2.45) is 11.3 Å². The van der Waals surface area contributed by atoms with E-state index in [1.807, 2.05) is 0 Å². The monoisotopic (exact) mass is 153 g/mol. The number of amides is 1. The first-order valence-electron chi connectivity index (χ1n) is 4.50. The predicted octanol–water partition coefficient (Wildman–Crippen LogP) is 1.31. The molecule has 0 radical (unpaired) electrons. The fourth-order valence-electron chi connectivity index (χ4n) is 2.56. The van der Waals surface area contributed by atoms with E-state index in [-0.39, 0.29) is 5.91 Å². The van der Waals surface area contributed by atoms with Crippen molar-refractivity contribution in [1.29, 1.82) is 0 Å². The van der Waals surface area contributed by atoms with Gasteiger partial charge in [-0.1, -0.05) is 19.8 Å². The van der Waals surface area contributed by atoms with Crippen molar-refractivity contribution in [1.82, 2.24) is 5.32 Å². The summed E-state index contributed by atoms with van der Waals surface area (Å²) < 4.78 is 0. The van der Waals surface area contributed by atoms with Gasteiger partial charge in [0, 0.05) is 13.0 Å². The Morgan fingerprint density at radius 2 is 2.45 bits per heavy atom. The average Bonchev–Trinajstić information content (AvgIpc) is 2.46. The van der Waals surface area contributed by atoms with E-state index in [0.717, 1.165) is 18.9 Å². The van der Waals surface area contributed by atoms with Gasteiger partial charge in [0.1, 0.15) is 0 Å². The van der Waals surface area contributed by atoms with Crippen LogP contribution in [0.3, 0.4) is 0 Å². The molecule has 1 aliphatic heterocycles. The summed E-state index contributed by atoms with van der Waals surface area (Å²) in [6, 6.07) is 0. The zero-order valence-electron chi connectivity index (χ0n) is 7.02. The summed E-state index contributed by atoms with van der Waals surface area (Å²) >= 11 is 0. The fraction of sp³-hybridized carbons (Fsp3) is 0.889. The van der Waals surface area contributed by atoms with Crippen molar-refractivity contribution in [2.45, 2.75) is 32.6 Å². The molecule has 2 rings (SSSR count). The van der Waals surface area contributed by atoms with Gasteiger partial charge in [0.15, 0.2) is 0 Å². The third-order valence-electron chi connectivity index (χ3n) is 3.51. The maximum Gasteiger partial charge on any atom is 0.220 e. The molecule has 0 bridgehead atoms. The van der Waals surface area contributed by atoms with Crippen LogP contribution in [0.5, 0.6) is 0 Å². The van der Waals surface area contributed by atoms with Crippen LogP contribution in [0.15, 0.2) is 0 Å². The van der Waals surface area contributed by atoms with E-state index in [4.69, 9.17) is 0 Å². The zero-order valence-corrected chi connectivity index (χ0v) is 7.02. The average molecular weight is 153 g/mol. The van der Waals surface area contributed by atoms with E-state index in [1.165, 1.54) is 19.3 Å². The summed E-state index contributed by atoms with van der Waals surface area (Å²) in [7, 11) is 0. The lowest BCUT2D eigenvalue weighted by atomic mass is 9.78. The van der Waals surface area contributed by atoms with Gasteiger partial charge in [0.05, 0.1) is 0 Å². The smallest absolute Gasteiger partial charge is 0.220 e. The van der Waals surface area contributed by atoms with Crippen molar-refractivity contribution >= 4 is 5.91 Å². The van der Waals surface area contributed by atoms with E-state index in [9.17, 15) is 4.79 Å². The fourth-order valence-corrected chi connectivity index (χ4v) is 2.56. The van der Waals surface area contributed by atoms with Crippen molar-refractivity contribution in [3.05, 3.63) is 0 Å². The van der Waals surface area contributed by atoms with E-state index >= 15 is 0 Å².